The molecule has 0 unspecified atom stereocenters. The molecule has 0 spiro atoms. The van der Waals surface area contributed by atoms with Crippen LogP contribution in [0.2, 0.25) is 0 Å². The van der Waals surface area contributed by atoms with Gasteiger partial charge >= 0.3 is 0 Å². The van der Waals surface area contributed by atoms with Crippen molar-refractivity contribution >= 4 is 11.3 Å². The number of benzene rings is 1. The molecule has 2 N–H and O–H groups in total. The lowest BCUT2D eigenvalue weighted by Gasteiger charge is -2.35. The number of nitrogens with zero attached hydrogens (tertiary/aromatic N) is 1. The quantitative estimate of drug-likeness (QED) is 0.880. The normalized spacial score (nSPS) is 17.0. The van der Waals surface area contributed by atoms with Gasteiger partial charge in [0.05, 0.1) is 20.3 Å². The largest absolute Gasteiger partial charge is 0.502 e. The van der Waals surface area contributed by atoms with E-state index in [1.165, 1.54) is 4.88 Å². The molecule has 1 saturated heterocycles. The number of rotatable bonds is 5. The molecular weight excluding hydrogens is 312 g/mol. The molecule has 1 aromatic heterocycles. The molecule has 23 heavy (non-hydrogen) atoms. The number of aromatic hydroxyl groups is 1. The fraction of sp³-hybridized carbons (Fsp3) is 0.412. The van der Waals surface area contributed by atoms with Crippen molar-refractivity contribution in [2.75, 3.05) is 40.4 Å². The predicted octanol–water partition coefficient (Wildman–Crippen LogP) is 2.47. The Morgan fingerprint density at radius 2 is 1.83 bits per heavy atom. The fourth-order valence-corrected chi connectivity index (χ4v) is 3.90. The molecule has 1 aromatic carbocycles. The summed E-state index contributed by atoms with van der Waals surface area (Å²) in [7, 11) is 3.12. The number of hydrogen-bond acceptors (Lipinski definition) is 6. The van der Waals surface area contributed by atoms with Gasteiger partial charge in [0.2, 0.25) is 5.75 Å². The monoisotopic (exact) mass is 334 g/mol. The lowest BCUT2D eigenvalue weighted by atomic mass is 10.0. The van der Waals surface area contributed by atoms with Gasteiger partial charge in [-0.3, -0.25) is 4.90 Å². The van der Waals surface area contributed by atoms with E-state index in [-0.39, 0.29) is 11.8 Å². The fourth-order valence-electron chi connectivity index (χ4n) is 3.01. The highest BCUT2D eigenvalue weighted by Gasteiger charge is 2.26. The molecule has 3 rings (SSSR count). The average molecular weight is 334 g/mol. The Morgan fingerprint density at radius 1 is 1.17 bits per heavy atom. The summed E-state index contributed by atoms with van der Waals surface area (Å²) in [5.41, 5.74) is 1.07. The maximum atomic E-state index is 10.2. The van der Waals surface area contributed by atoms with Gasteiger partial charge < -0.3 is 19.9 Å². The van der Waals surface area contributed by atoms with Crippen LogP contribution in [0, 0.1) is 0 Å². The molecule has 5 nitrogen and oxygen atoms in total. The number of phenolic OH excluding ortho intramolecular Hbond substituents is 1. The second-order valence-corrected chi connectivity index (χ2v) is 6.46. The topological polar surface area (TPSA) is 54.0 Å². The molecule has 0 saturated carbocycles. The highest BCUT2D eigenvalue weighted by Crippen LogP contribution is 2.42. The van der Waals surface area contributed by atoms with Crippen molar-refractivity contribution in [3.63, 3.8) is 0 Å². The van der Waals surface area contributed by atoms with Crippen LogP contribution in [-0.4, -0.2) is 50.4 Å². The Hall–Kier alpha value is -1.76. The van der Waals surface area contributed by atoms with Gasteiger partial charge in [-0.25, -0.2) is 0 Å². The van der Waals surface area contributed by atoms with Crippen molar-refractivity contribution in [1.29, 1.82) is 0 Å². The second-order valence-electron chi connectivity index (χ2n) is 5.48. The van der Waals surface area contributed by atoms with Gasteiger partial charge in [-0.1, -0.05) is 6.07 Å². The van der Waals surface area contributed by atoms with Crippen LogP contribution >= 0.6 is 11.3 Å². The number of phenols is 1. The number of nitrogens with one attached hydrogen (secondary N) is 1. The van der Waals surface area contributed by atoms with Gasteiger partial charge in [0.15, 0.2) is 11.5 Å². The Bertz CT molecular complexity index is 614. The van der Waals surface area contributed by atoms with E-state index in [0.29, 0.717) is 11.5 Å². The van der Waals surface area contributed by atoms with Crippen LogP contribution in [0.15, 0.2) is 29.6 Å². The number of piperazine rings is 1. The highest BCUT2D eigenvalue weighted by atomic mass is 32.1. The smallest absolute Gasteiger partial charge is 0.200 e. The van der Waals surface area contributed by atoms with Crippen molar-refractivity contribution in [3.05, 3.63) is 40.1 Å². The number of thiophene rings is 1. The number of hydrogen-bond donors (Lipinski definition) is 2. The van der Waals surface area contributed by atoms with E-state index < -0.39 is 0 Å². The molecule has 1 aliphatic rings. The van der Waals surface area contributed by atoms with Gasteiger partial charge in [0.25, 0.3) is 0 Å². The summed E-state index contributed by atoms with van der Waals surface area (Å²) in [5, 5.41) is 15.7. The van der Waals surface area contributed by atoms with Crippen LogP contribution in [0.3, 0.4) is 0 Å². The summed E-state index contributed by atoms with van der Waals surface area (Å²) in [5.74, 6) is 0.927. The van der Waals surface area contributed by atoms with Gasteiger partial charge in [-0.15, -0.1) is 11.3 Å². The second kappa shape index (κ2) is 7.21. The summed E-state index contributed by atoms with van der Waals surface area (Å²) in [6.07, 6.45) is 0. The Balaban J connectivity index is 2.05. The van der Waals surface area contributed by atoms with Crippen molar-refractivity contribution in [1.82, 2.24) is 10.2 Å². The molecule has 2 aromatic rings. The average Bonchev–Trinajstić information content (AvgIpc) is 3.11. The van der Waals surface area contributed by atoms with Crippen LogP contribution in [0.5, 0.6) is 17.2 Å². The molecule has 1 fully saturated rings. The first-order chi connectivity index (χ1) is 11.2. The van der Waals surface area contributed by atoms with E-state index in [1.807, 2.05) is 12.1 Å². The van der Waals surface area contributed by atoms with E-state index >= 15 is 0 Å². The lowest BCUT2D eigenvalue weighted by molar-refractivity contribution is 0.200. The summed E-state index contributed by atoms with van der Waals surface area (Å²) in [6, 6.07) is 8.18. The molecule has 1 atom stereocenters. The van der Waals surface area contributed by atoms with Crippen molar-refractivity contribution in [2.45, 2.75) is 6.04 Å². The molecule has 6 heteroatoms. The maximum Gasteiger partial charge on any atom is 0.200 e. The minimum Gasteiger partial charge on any atom is -0.502 e. The SMILES string of the molecule is COc1cc([C@@H](c2cccs2)N2CCNCC2)cc(OC)c1O. The van der Waals surface area contributed by atoms with Crippen LogP contribution in [0.25, 0.3) is 0 Å². The third-order valence-corrected chi connectivity index (χ3v) is 5.07. The van der Waals surface area contributed by atoms with E-state index in [1.54, 1.807) is 25.6 Å². The highest BCUT2D eigenvalue weighted by molar-refractivity contribution is 7.10. The van der Waals surface area contributed by atoms with Gasteiger partial charge in [-0.05, 0) is 29.1 Å². The Kier molecular flexibility index (Phi) is 5.05. The van der Waals surface area contributed by atoms with Crippen molar-refractivity contribution in [2.24, 2.45) is 0 Å². The van der Waals surface area contributed by atoms with Gasteiger partial charge in [-0.2, -0.15) is 0 Å². The van der Waals surface area contributed by atoms with Gasteiger partial charge in [0, 0.05) is 31.1 Å². The van der Waals surface area contributed by atoms with Crippen LogP contribution in [-0.2, 0) is 0 Å². The van der Waals surface area contributed by atoms with Crippen LogP contribution in [0.4, 0.5) is 0 Å². The maximum absolute atomic E-state index is 10.2. The first kappa shape index (κ1) is 16.1. The van der Waals surface area contributed by atoms with Crippen molar-refractivity contribution < 1.29 is 14.6 Å². The first-order valence-corrected chi connectivity index (χ1v) is 8.55. The zero-order chi connectivity index (χ0) is 16.2. The molecule has 0 aliphatic carbocycles. The molecule has 0 amide bonds. The minimum absolute atomic E-state index is 0.0454. The minimum atomic E-state index is 0.0454. The van der Waals surface area contributed by atoms with E-state index in [0.717, 1.165) is 31.7 Å². The summed E-state index contributed by atoms with van der Waals surface area (Å²) >= 11 is 1.74. The van der Waals surface area contributed by atoms with E-state index in [4.69, 9.17) is 9.47 Å². The zero-order valence-electron chi connectivity index (χ0n) is 13.4. The molecule has 0 radical (unpaired) electrons. The van der Waals surface area contributed by atoms with Gasteiger partial charge in [0.1, 0.15) is 0 Å². The third kappa shape index (κ3) is 3.29. The third-order valence-electron chi connectivity index (χ3n) is 4.15. The zero-order valence-corrected chi connectivity index (χ0v) is 14.2. The lowest BCUT2D eigenvalue weighted by Crippen LogP contribution is -2.45. The molecule has 1 aliphatic heterocycles. The Labute approximate surface area is 140 Å². The van der Waals surface area contributed by atoms with Crippen molar-refractivity contribution in [3.8, 4) is 17.2 Å². The molecule has 0 bridgehead atoms. The Morgan fingerprint density at radius 3 is 2.35 bits per heavy atom. The van der Waals surface area contributed by atoms with E-state index in [9.17, 15) is 5.11 Å². The summed E-state index contributed by atoms with van der Waals surface area (Å²) in [6.45, 7) is 3.92. The predicted molar refractivity (Wildman–Crippen MR) is 91.8 cm³/mol. The molecule has 2 heterocycles. The summed E-state index contributed by atoms with van der Waals surface area (Å²) < 4.78 is 10.7. The van der Waals surface area contributed by atoms with Crippen LogP contribution < -0.4 is 14.8 Å². The first-order valence-electron chi connectivity index (χ1n) is 7.67. The number of methoxy groups -OCH3 is 2. The molecule has 124 valence electrons. The van der Waals surface area contributed by atoms with E-state index in [2.05, 4.69) is 27.7 Å². The molecular formula is C17H22N2O3S. The summed E-state index contributed by atoms with van der Waals surface area (Å²) in [4.78, 5) is 3.73. The standard InChI is InChI=1S/C17H22N2O3S/c1-21-13-10-12(11-14(22-2)17(13)20)16(15-4-3-9-23-15)19-7-5-18-6-8-19/h3-4,9-11,16,18,20H,5-8H2,1-2H3/t16-/m0/s1. The van der Waals surface area contributed by atoms with Crippen LogP contribution in [0.1, 0.15) is 16.5 Å². The number of ether oxygens (including phenoxy) is 2.